The van der Waals surface area contributed by atoms with E-state index in [0.29, 0.717) is 17.0 Å². The molecule has 0 spiro atoms. The van der Waals surface area contributed by atoms with Gasteiger partial charge in [0.1, 0.15) is 5.82 Å². The quantitative estimate of drug-likeness (QED) is 0.705. The topological polar surface area (TPSA) is 17.1 Å². The maximum Gasteiger partial charge on any atom is 0.193 e. The van der Waals surface area contributed by atoms with Gasteiger partial charge in [0, 0.05) is 11.1 Å². The Labute approximate surface area is 123 Å². The largest absolute Gasteiger partial charge is 0.289 e. The maximum absolute atomic E-state index is 13.4. The van der Waals surface area contributed by atoms with E-state index in [9.17, 15) is 9.18 Å². The molecular weight excluding hydrogens is 275 g/mol. The minimum atomic E-state index is -0.575. The summed E-state index contributed by atoms with van der Waals surface area (Å²) < 4.78 is 13.4. The van der Waals surface area contributed by atoms with Crippen LogP contribution < -0.4 is 0 Å². The van der Waals surface area contributed by atoms with Crippen LogP contribution in [0, 0.1) is 5.82 Å². The Morgan fingerprint density at radius 1 is 1.15 bits per heavy atom. The molecule has 0 bridgehead atoms. The third-order valence-corrected chi connectivity index (χ3v) is 3.84. The van der Waals surface area contributed by atoms with Gasteiger partial charge in [-0.2, -0.15) is 0 Å². The van der Waals surface area contributed by atoms with E-state index in [4.69, 9.17) is 11.6 Å². The van der Waals surface area contributed by atoms with E-state index in [1.54, 1.807) is 12.1 Å². The summed E-state index contributed by atoms with van der Waals surface area (Å²) in [4.78, 5) is 12.3. The van der Waals surface area contributed by atoms with Gasteiger partial charge in [-0.3, -0.25) is 4.79 Å². The van der Waals surface area contributed by atoms with Crippen LogP contribution in [-0.2, 0) is 0 Å². The number of ketones is 1. The fourth-order valence-corrected chi connectivity index (χ4v) is 2.12. The first-order chi connectivity index (χ1) is 9.52. The van der Waals surface area contributed by atoms with Crippen LogP contribution in [-0.4, -0.2) is 5.78 Å². The summed E-state index contributed by atoms with van der Waals surface area (Å²) in [6, 6.07) is 11.6. The Morgan fingerprint density at radius 3 is 2.30 bits per heavy atom. The molecule has 0 aliphatic heterocycles. The molecule has 1 nitrogen and oxygen atoms in total. The highest BCUT2D eigenvalue weighted by molar-refractivity contribution is 6.30. The Kier molecular flexibility index (Phi) is 4.56. The van der Waals surface area contributed by atoms with Crippen LogP contribution in [0.5, 0.6) is 0 Å². The molecule has 1 atom stereocenters. The summed E-state index contributed by atoms with van der Waals surface area (Å²) in [6.45, 7) is 4.27. The lowest BCUT2D eigenvalue weighted by molar-refractivity contribution is 0.103. The first kappa shape index (κ1) is 14.7. The average molecular weight is 291 g/mol. The van der Waals surface area contributed by atoms with Gasteiger partial charge in [-0.1, -0.05) is 49.7 Å². The van der Waals surface area contributed by atoms with E-state index >= 15 is 0 Å². The molecule has 0 amide bonds. The SMILES string of the molecule is CCC(C)c1ccc(C(=O)c2ccc(Cl)c(F)c2)cc1. The van der Waals surface area contributed by atoms with Gasteiger partial charge in [0.05, 0.1) is 5.02 Å². The molecule has 0 N–H and O–H groups in total. The number of rotatable bonds is 4. The molecule has 0 radical (unpaired) electrons. The van der Waals surface area contributed by atoms with Gasteiger partial charge < -0.3 is 0 Å². The van der Waals surface area contributed by atoms with Crippen molar-refractivity contribution in [1.82, 2.24) is 0 Å². The predicted octanol–water partition coefficient (Wildman–Crippen LogP) is 5.22. The van der Waals surface area contributed by atoms with E-state index in [-0.39, 0.29) is 10.8 Å². The Bertz CT molecular complexity index is 619. The van der Waals surface area contributed by atoms with E-state index < -0.39 is 5.82 Å². The van der Waals surface area contributed by atoms with E-state index in [0.717, 1.165) is 6.42 Å². The van der Waals surface area contributed by atoms with E-state index in [2.05, 4.69) is 13.8 Å². The smallest absolute Gasteiger partial charge is 0.193 e. The van der Waals surface area contributed by atoms with Gasteiger partial charge in [0.25, 0.3) is 0 Å². The predicted molar refractivity (Wildman–Crippen MR) is 80.0 cm³/mol. The summed E-state index contributed by atoms with van der Waals surface area (Å²) in [7, 11) is 0. The molecule has 20 heavy (non-hydrogen) atoms. The molecule has 0 aliphatic carbocycles. The van der Waals surface area contributed by atoms with Gasteiger partial charge in [-0.25, -0.2) is 4.39 Å². The van der Waals surface area contributed by atoms with Crippen LogP contribution in [0.4, 0.5) is 4.39 Å². The third-order valence-electron chi connectivity index (χ3n) is 3.54. The molecule has 0 aliphatic rings. The fraction of sp³-hybridized carbons (Fsp3) is 0.235. The van der Waals surface area contributed by atoms with Gasteiger partial charge in [0.2, 0.25) is 0 Å². The molecule has 0 saturated heterocycles. The number of carbonyl (C=O) groups is 1. The Balaban J connectivity index is 2.27. The zero-order chi connectivity index (χ0) is 14.7. The number of carbonyl (C=O) groups excluding carboxylic acids is 1. The monoisotopic (exact) mass is 290 g/mol. The normalized spacial score (nSPS) is 12.2. The summed E-state index contributed by atoms with van der Waals surface area (Å²) in [5.74, 6) is -0.308. The second kappa shape index (κ2) is 6.19. The van der Waals surface area contributed by atoms with Crippen molar-refractivity contribution in [2.45, 2.75) is 26.2 Å². The van der Waals surface area contributed by atoms with Crippen molar-refractivity contribution in [3.8, 4) is 0 Å². The second-order valence-electron chi connectivity index (χ2n) is 4.89. The Morgan fingerprint density at radius 2 is 1.75 bits per heavy atom. The summed E-state index contributed by atoms with van der Waals surface area (Å²) in [5, 5.41) is 0.0219. The fourth-order valence-electron chi connectivity index (χ4n) is 2.00. The highest BCUT2D eigenvalue weighted by atomic mass is 35.5. The summed E-state index contributed by atoms with van der Waals surface area (Å²) >= 11 is 5.62. The average Bonchev–Trinajstić information content (AvgIpc) is 2.48. The molecule has 0 fully saturated rings. The zero-order valence-electron chi connectivity index (χ0n) is 11.5. The number of benzene rings is 2. The van der Waals surface area contributed by atoms with Crippen molar-refractivity contribution in [3.05, 3.63) is 70.0 Å². The molecule has 0 heterocycles. The van der Waals surface area contributed by atoms with Gasteiger partial charge in [-0.05, 0) is 36.1 Å². The lowest BCUT2D eigenvalue weighted by Crippen LogP contribution is -2.02. The summed E-state index contributed by atoms with van der Waals surface area (Å²) in [6.07, 6.45) is 1.05. The molecule has 2 aromatic carbocycles. The molecule has 104 valence electrons. The first-order valence-corrected chi connectivity index (χ1v) is 7.00. The van der Waals surface area contributed by atoms with Crippen LogP contribution in [0.1, 0.15) is 47.7 Å². The Hall–Kier alpha value is -1.67. The van der Waals surface area contributed by atoms with Crippen molar-refractivity contribution in [1.29, 1.82) is 0 Å². The second-order valence-corrected chi connectivity index (χ2v) is 5.30. The summed E-state index contributed by atoms with van der Waals surface area (Å²) in [5.41, 5.74) is 2.06. The van der Waals surface area contributed by atoms with Crippen molar-refractivity contribution >= 4 is 17.4 Å². The van der Waals surface area contributed by atoms with Crippen LogP contribution in [0.2, 0.25) is 5.02 Å². The van der Waals surface area contributed by atoms with Gasteiger partial charge in [0.15, 0.2) is 5.78 Å². The van der Waals surface area contributed by atoms with Gasteiger partial charge >= 0.3 is 0 Å². The first-order valence-electron chi connectivity index (χ1n) is 6.62. The molecule has 3 heteroatoms. The molecule has 1 unspecified atom stereocenters. The van der Waals surface area contributed by atoms with Gasteiger partial charge in [-0.15, -0.1) is 0 Å². The lowest BCUT2D eigenvalue weighted by atomic mass is 9.95. The van der Waals surface area contributed by atoms with Crippen LogP contribution in [0.15, 0.2) is 42.5 Å². The van der Waals surface area contributed by atoms with Crippen molar-refractivity contribution < 1.29 is 9.18 Å². The van der Waals surface area contributed by atoms with Crippen LogP contribution in [0.3, 0.4) is 0 Å². The highest BCUT2D eigenvalue weighted by Crippen LogP contribution is 2.21. The zero-order valence-corrected chi connectivity index (χ0v) is 12.2. The minimum Gasteiger partial charge on any atom is -0.289 e. The van der Waals surface area contributed by atoms with Crippen molar-refractivity contribution in [2.75, 3.05) is 0 Å². The molecule has 2 rings (SSSR count). The number of hydrogen-bond acceptors (Lipinski definition) is 1. The molecule has 2 aromatic rings. The van der Waals surface area contributed by atoms with Crippen molar-refractivity contribution in [2.24, 2.45) is 0 Å². The van der Waals surface area contributed by atoms with E-state index in [1.807, 2.05) is 12.1 Å². The lowest BCUT2D eigenvalue weighted by Gasteiger charge is -2.09. The number of hydrogen-bond donors (Lipinski definition) is 0. The van der Waals surface area contributed by atoms with E-state index in [1.165, 1.54) is 23.8 Å². The standard InChI is InChI=1S/C17H16ClFO/c1-3-11(2)12-4-6-13(7-5-12)17(20)14-8-9-15(18)16(19)10-14/h4-11H,3H2,1-2H3. The maximum atomic E-state index is 13.4. The number of halogens is 2. The van der Waals surface area contributed by atoms with Crippen LogP contribution >= 0.6 is 11.6 Å². The molecule has 0 saturated carbocycles. The minimum absolute atomic E-state index is 0.0219. The molecular formula is C17H16ClFO. The third kappa shape index (κ3) is 3.07. The highest BCUT2D eigenvalue weighted by Gasteiger charge is 2.12. The molecule has 0 aromatic heterocycles. The van der Waals surface area contributed by atoms with Crippen molar-refractivity contribution in [3.63, 3.8) is 0 Å². The van der Waals surface area contributed by atoms with Crippen LogP contribution in [0.25, 0.3) is 0 Å².